The van der Waals surface area contributed by atoms with E-state index in [0.717, 1.165) is 17.9 Å². The van der Waals surface area contributed by atoms with Crippen molar-refractivity contribution in [3.8, 4) is 5.75 Å². The van der Waals surface area contributed by atoms with E-state index in [2.05, 4.69) is 5.32 Å². The van der Waals surface area contributed by atoms with E-state index in [1.54, 1.807) is 6.92 Å². The maximum Gasteiger partial charge on any atom is 0.260 e. The first kappa shape index (κ1) is 14.5. The van der Waals surface area contributed by atoms with Crippen molar-refractivity contribution < 1.29 is 9.53 Å². The van der Waals surface area contributed by atoms with Gasteiger partial charge in [-0.1, -0.05) is 12.1 Å². The zero-order valence-electron chi connectivity index (χ0n) is 11.6. The Morgan fingerprint density at radius 1 is 1.44 bits per heavy atom. The van der Waals surface area contributed by atoms with E-state index in [1.807, 2.05) is 50.2 Å². The summed E-state index contributed by atoms with van der Waals surface area (Å²) in [5.41, 5.74) is 1.12. The molecular formula is C14H22N2O2. The Hall–Kier alpha value is -1.55. The second-order valence-electron chi connectivity index (χ2n) is 4.67. The van der Waals surface area contributed by atoms with E-state index in [9.17, 15) is 4.79 Å². The molecule has 0 aliphatic heterocycles. The van der Waals surface area contributed by atoms with Crippen molar-refractivity contribution in [3.05, 3.63) is 29.8 Å². The molecule has 0 fully saturated rings. The topological polar surface area (TPSA) is 41.6 Å². The number of amides is 1. The maximum absolute atomic E-state index is 11.8. The van der Waals surface area contributed by atoms with Crippen LogP contribution < -0.4 is 10.1 Å². The number of carbonyl (C=O) groups excluding carboxylic acids is 1. The van der Waals surface area contributed by atoms with Crippen molar-refractivity contribution >= 4 is 5.91 Å². The van der Waals surface area contributed by atoms with Gasteiger partial charge in [-0.05, 0) is 45.6 Å². The van der Waals surface area contributed by atoms with Crippen LogP contribution in [0.15, 0.2) is 24.3 Å². The first-order chi connectivity index (χ1) is 8.49. The summed E-state index contributed by atoms with van der Waals surface area (Å²) < 4.78 is 5.59. The zero-order chi connectivity index (χ0) is 13.5. The van der Waals surface area contributed by atoms with Crippen LogP contribution >= 0.6 is 0 Å². The van der Waals surface area contributed by atoms with Crippen LogP contribution in [0.4, 0.5) is 0 Å². The Labute approximate surface area is 109 Å². The minimum absolute atomic E-state index is 0.0849. The third-order valence-corrected chi connectivity index (χ3v) is 2.53. The van der Waals surface area contributed by atoms with Gasteiger partial charge >= 0.3 is 0 Å². The van der Waals surface area contributed by atoms with Gasteiger partial charge in [-0.3, -0.25) is 4.79 Å². The molecule has 1 aromatic carbocycles. The standard InChI is InChI=1S/C14H22N2O2/c1-11-6-5-7-13(10-11)18-12(2)14(17)15-8-9-16(3)4/h5-7,10,12H,8-9H2,1-4H3,(H,15,17). The van der Waals surface area contributed by atoms with Gasteiger partial charge in [0, 0.05) is 13.1 Å². The molecule has 4 heteroatoms. The van der Waals surface area contributed by atoms with Gasteiger partial charge in [0.2, 0.25) is 0 Å². The highest BCUT2D eigenvalue weighted by atomic mass is 16.5. The summed E-state index contributed by atoms with van der Waals surface area (Å²) in [5, 5.41) is 2.84. The highest BCUT2D eigenvalue weighted by Gasteiger charge is 2.13. The van der Waals surface area contributed by atoms with E-state index in [0.29, 0.717) is 6.54 Å². The van der Waals surface area contributed by atoms with E-state index in [4.69, 9.17) is 4.74 Å². The summed E-state index contributed by atoms with van der Waals surface area (Å²) in [4.78, 5) is 13.8. The van der Waals surface area contributed by atoms with Gasteiger partial charge < -0.3 is 15.0 Å². The van der Waals surface area contributed by atoms with E-state index < -0.39 is 6.10 Å². The molecule has 1 aromatic rings. The minimum atomic E-state index is -0.478. The molecule has 0 aliphatic carbocycles. The summed E-state index contributed by atoms with van der Waals surface area (Å²) in [5.74, 6) is 0.642. The second kappa shape index (κ2) is 7.01. The summed E-state index contributed by atoms with van der Waals surface area (Å²) in [7, 11) is 3.94. The molecule has 1 amide bonds. The Morgan fingerprint density at radius 3 is 2.78 bits per heavy atom. The highest BCUT2D eigenvalue weighted by Crippen LogP contribution is 2.14. The van der Waals surface area contributed by atoms with E-state index in [-0.39, 0.29) is 5.91 Å². The molecule has 0 bridgehead atoms. The minimum Gasteiger partial charge on any atom is -0.481 e. The van der Waals surface area contributed by atoms with Crippen LogP contribution in [0.3, 0.4) is 0 Å². The van der Waals surface area contributed by atoms with Crippen molar-refractivity contribution in [1.29, 1.82) is 0 Å². The molecule has 0 aliphatic rings. The van der Waals surface area contributed by atoms with Crippen LogP contribution in [-0.4, -0.2) is 44.1 Å². The Kier molecular flexibility index (Phi) is 5.65. The fourth-order valence-electron chi connectivity index (χ4n) is 1.49. The van der Waals surface area contributed by atoms with Gasteiger partial charge in [-0.2, -0.15) is 0 Å². The van der Waals surface area contributed by atoms with Gasteiger partial charge in [-0.15, -0.1) is 0 Å². The van der Waals surface area contributed by atoms with Crippen molar-refractivity contribution in [2.45, 2.75) is 20.0 Å². The number of aryl methyl sites for hydroxylation is 1. The lowest BCUT2D eigenvalue weighted by atomic mass is 10.2. The van der Waals surface area contributed by atoms with E-state index in [1.165, 1.54) is 0 Å². The van der Waals surface area contributed by atoms with Crippen molar-refractivity contribution in [2.75, 3.05) is 27.2 Å². The lowest BCUT2D eigenvalue weighted by Gasteiger charge is -2.16. The average Bonchev–Trinajstić information content (AvgIpc) is 2.28. The molecule has 0 saturated carbocycles. The molecular weight excluding hydrogens is 228 g/mol. The van der Waals surface area contributed by atoms with Crippen LogP contribution in [0.1, 0.15) is 12.5 Å². The fraction of sp³-hybridized carbons (Fsp3) is 0.500. The molecule has 0 spiro atoms. The molecule has 0 aromatic heterocycles. The molecule has 1 atom stereocenters. The van der Waals surface area contributed by atoms with Crippen molar-refractivity contribution in [3.63, 3.8) is 0 Å². The quantitative estimate of drug-likeness (QED) is 0.830. The molecule has 100 valence electrons. The predicted molar refractivity (Wildman–Crippen MR) is 72.8 cm³/mol. The smallest absolute Gasteiger partial charge is 0.260 e. The second-order valence-corrected chi connectivity index (χ2v) is 4.67. The first-order valence-corrected chi connectivity index (χ1v) is 6.15. The predicted octanol–water partition coefficient (Wildman–Crippen LogP) is 1.44. The van der Waals surface area contributed by atoms with Gasteiger partial charge in [0.15, 0.2) is 6.10 Å². The molecule has 0 heterocycles. The third-order valence-electron chi connectivity index (χ3n) is 2.53. The van der Waals surface area contributed by atoms with Crippen LogP contribution in [0.2, 0.25) is 0 Å². The molecule has 18 heavy (non-hydrogen) atoms. The van der Waals surface area contributed by atoms with Crippen molar-refractivity contribution in [2.24, 2.45) is 0 Å². The number of carbonyl (C=O) groups is 1. The van der Waals surface area contributed by atoms with Gasteiger partial charge in [-0.25, -0.2) is 0 Å². The van der Waals surface area contributed by atoms with Crippen molar-refractivity contribution in [1.82, 2.24) is 10.2 Å². The molecule has 0 radical (unpaired) electrons. The average molecular weight is 250 g/mol. The lowest BCUT2D eigenvalue weighted by molar-refractivity contribution is -0.127. The Bertz CT molecular complexity index is 391. The number of nitrogens with zero attached hydrogens (tertiary/aromatic N) is 1. The normalized spacial score (nSPS) is 12.3. The number of rotatable bonds is 6. The summed E-state index contributed by atoms with van der Waals surface area (Å²) >= 11 is 0. The van der Waals surface area contributed by atoms with Crippen LogP contribution in [0.5, 0.6) is 5.75 Å². The highest BCUT2D eigenvalue weighted by molar-refractivity contribution is 5.80. The first-order valence-electron chi connectivity index (χ1n) is 6.15. The lowest BCUT2D eigenvalue weighted by Crippen LogP contribution is -2.39. The van der Waals surface area contributed by atoms with Crippen LogP contribution in [0.25, 0.3) is 0 Å². The summed E-state index contributed by atoms with van der Waals surface area (Å²) in [6, 6.07) is 7.69. The Balaban J connectivity index is 2.40. The number of ether oxygens (including phenoxy) is 1. The molecule has 0 saturated heterocycles. The fourth-order valence-corrected chi connectivity index (χ4v) is 1.49. The number of nitrogens with one attached hydrogen (secondary N) is 1. The van der Waals surface area contributed by atoms with Gasteiger partial charge in [0.25, 0.3) is 5.91 Å². The molecule has 1 unspecified atom stereocenters. The largest absolute Gasteiger partial charge is 0.481 e. The van der Waals surface area contributed by atoms with Crippen LogP contribution in [-0.2, 0) is 4.79 Å². The van der Waals surface area contributed by atoms with Crippen LogP contribution in [0, 0.1) is 6.92 Å². The van der Waals surface area contributed by atoms with Gasteiger partial charge in [0.05, 0.1) is 0 Å². The zero-order valence-corrected chi connectivity index (χ0v) is 11.6. The van der Waals surface area contributed by atoms with E-state index >= 15 is 0 Å². The number of hydrogen-bond donors (Lipinski definition) is 1. The molecule has 4 nitrogen and oxygen atoms in total. The monoisotopic (exact) mass is 250 g/mol. The Morgan fingerprint density at radius 2 is 2.17 bits per heavy atom. The number of likely N-dealkylation sites (N-methyl/N-ethyl adjacent to an activating group) is 1. The summed E-state index contributed by atoms with van der Waals surface area (Å²) in [6.45, 7) is 5.21. The maximum atomic E-state index is 11.8. The van der Waals surface area contributed by atoms with Gasteiger partial charge in [0.1, 0.15) is 5.75 Å². The number of benzene rings is 1. The molecule has 1 rings (SSSR count). The summed E-state index contributed by atoms with van der Waals surface area (Å²) in [6.07, 6.45) is -0.478. The SMILES string of the molecule is Cc1cccc(OC(C)C(=O)NCCN(C)C)c1. The number of hydrogen-bond acceptors (Lipinski definition) is 3. The molecule has 1 N–H and O–H groups in total. The third kappa shape index (κ3) is 5.19.